The van der Waals surface area contributed by atoms with Gasteiger partial charge in [0.1, 0.15) is 11.5 Å². The fourth-order valence-corrected chi connectivity index (χ4v) is 4.26. The molecule has 8 heteroatoms. The van der Waals surface area contributed by atoms with Gasteiger partial charge >= 0.3 is 0 Å². The number of Topliss-reactive ketones (excluding diaryl/α,β-unsaturated/α-hetero) is 1. The summed E-state index contributed by atoms with van der Waals surface area (Å²) in [6.07, 6.45) is 1.10. The largest absolute Gasteiger partial charge is 0.497 e. The second kappa shape index (κ2) is 7.79. The Morgan fingerprint density at radius 1 is 0.871 bits per heavy atom. The Hall–Kier alpha value is -3.81. The van der Waals surface area contributed by atoms with Crippen LogP contribution in [0.15, 0.2) is 64.4 Å². The molecule has 0 radical (unpaired) electrons. The monoisotopic (exact) mass is 418 g/mol. The molecule has 0 saturated heterocycles. The third kappa shape index (κ3) is 3.50. The number of benzene rings is 2. The third-order valence-electron chi connectivity index (χ3n) is 5.87. The van der Waals surface area contributed by atoms with Crippen LogP contribution in [0.2, 0.25) is 0 Å². The second-order valence-corrected chi connectivity index (χ2v) is 7.63. The summed E-state index contributed by atoms with van der Waals surface area (Å²) in [5.74, 6) is 2.65. The lowest BCUT2D eigenvalue weighted by atomic mass is 9.78. The Bertz CT molecular complexity index is 1140. The van der Waals surface area contributed by atoms with Crippen molar-refractivity contribution in [1.29, 1.82) is 0 Å². The molecule has 0 amide bonds. The number of hydrogen-bond acceptors (Lipinski definition) is 8. The van der Waals surface area contributed by atoms with Gasteiger partial charge in [0.05, 0.1) is 20.3 Å². The van der Waals surface area contributed by atoms with Crippen molar-refractivity contribution < 1.29 is 18.9 Å². The smallest absolute Gasteiger partial charge is 0.219 e. The predicted molar refractivity (Wildman–Crippen MR) is 114 cm³/mol. The Labute approximate surface area is 179 Å². The van der Waals surface area contributed by atoms with Crippen LogP contribution in [0.25, 0.3) is 0 Å². The van der Waals surface area contributed by atoms with E-state index in [0.717, 1.165) is 28.3 Å². The Kier molecular flexibility index (Phi) is 4.82. The van der Waals surface area contributed by atoms with Crippen LogP contribution in [0.4, 0.5) is 11.6 Å². The molecule has 0 saturated carbocycles. The first kappa shape index (κ1) is 19.2. The molecular formula is C23H22N4O4. The molecule has 8 nitrogen and oxygen atoms in total. The van der Waals surface area contributed by atoms with Crippen LogP contribution in [0.5, 0.6) is 11.5 Å². The molecule has 0 spiro atoms. The van der Waals surface area contributed by atoms with Gasteiger partial charge in [-0.1, -0.05) is 24.3 Å². The number of methoxy groups -OCH3 is 2. The molecule has 3 aromatic rings. The van der Waals surface area contributed by atoms with Gasteiger partial charge in [-0.3, -0.25) is 4.79 Å². The van der Waals surface area contributed by atoms with Crippen LogP contribution in [-0.2, 0) is 4.79 Å². The van der Waals surface area contributed by atoms with Crippen LogP contribution >= 0.6 is 0 Å². The third-order valence-corrected chi connectivity index (χ3v) is 5.87. The van der Waals surface area contributed by atoms with Gasteiger partial charge in [-0.15, -0.1) is 0 Å². The van der Waals surface area contributed by atoms with Crippen molar-refractivity contribution in [3.8, 4) is 11.5 Å². The van der Waals surface area contributed by atoms with Gasteiger partial charge in [0.25, 0.3) is 0 Å². The number of hydrogen-bond donors (Lipinski definition) is 2. The van der Waals surface area contributed by atoms with E-state index < -0.39 is 0 Å². The zero-order valence-corrected chi connectivity index (χ0v) is 17.2. The molecule has 2 aliphatic rings. The molecule has 2 aromatic carbocycles. The molecule has 0 bridgehead atoms. The van der Waals surface area contributed by atoms with Crippen LogP contribution in [-0.4, -0.2) is 30.3 Å². The molecule has 0 fully saturated rings. The first-order valence-electron chi connectivity index (χ1n) is 10.1. The first-order valence-corrected chi connectivity index (χ1v) is 10.1. The van der Waals surface area contributed by atoms with E-state index in [1.807, 2.05) is 48.5 Å². The van der Waals surface area contributed by atoms with Crippen molar-refractivity contribution in [2.24, 2.45) is 0 Å². The van der Waals surface area contributed by atoms with Crippen LogP contribution in [0.3, 0.4) is 0 Å². The molecule has 2 unspecified atom stereocenters. The first-order chi connectivity index (χ1) is 15.2. The topological polar surface area (TPSA) is 98.5 Å². The van der Waals surface area contributed by atoms with Crippen LogP contribution in [0, 0.1) is 0 Å². The van der Waals surface area contributed by atoms with Crippen molar-refractivity contribution in [2.45, 2.75) is 24.8 Å². The van der Waals surface area contributed by atoms with E-state index in [1.165, 1.54) is 0 Å². The molecule has 5 rings (SSSR count). The molecule has 1 aromatic heterocycles. The summed E-state index contributed by atoms with van der Waals surface area (Å²) in [4.78, 5) is 13.4. The lowest BCUT2D eigenvalue weighted by molar-refractivity contribution is -0.116. The Balaban J connectivity index is 1.54. The van der Waals surface area contributed by atoms with E-state index in [0.29, 0.717) is 30.1 Å². The fraction of sp³-hybridized carbons (Fsp3) is 0.261. The number of ketones is 1. The Morgan fingerprint density at radius 2 is 1.48 bits per heavy atom. The minimum absolute atomic E-state index is 0.0579. The number of anilines is 2. The minimum Gasteiger partial charge on any atom is -0.497 e. The van der Waals surface area contributed by atoms with Crippen molar-refractivity contribution in [3.63, 3.8) is 0 Å². The number of nitrogens with zero attached hydrogens (tertiary/aromatic N) is 2. The number of allylic oxidation sites excluding steroid dienone is 1. The summed E-state index contributed by atoms with van der Waals surface area (Å²) < 4.78 is 15.5. The van der Waals surface area contributed by atoms with Crippen molar-refractivity contribution >= 4 is 17.4 Å². The van der Waals surface area contributed by atoms with Gasteiger partial charge in [0.2, 0.25) is 11.6 Å². The number of ether oxygens (including phenoxy) is 2. The standard InChI is InChI=1S/C23H22N4O4/c1-29-16-7-3-13(4-8-16)15-11-18-20(19(28)12-15)21(14-5-9-17(30-2)10-6-14)25-23-22(24-18)26-31-27-23/h3-10,15,21H,11-12H2,1-2H3,(H,24,26)(H,25,27). The predicted octanol–water partition coefficient (Wildman–Crippen LogP) is 4.07. The summed E-state index contributed by atoms with van der Waals surface area (Å²) in [7, 11) is 3.27. The SMILES string of the molecule is COc1ccc(C2CC(=O)C3=C(C2)Nc2nonc2NC3c2ccc(OC)cc2)cc1. The molecule has 1 aliphatic carbocycles. The highest BCUT2D eigenvalue weighted by molar-refractivity contribution is 6.00. The number of fused-ring (bicyclic) bond motifs is 1. The highest BCUT2D eigenvalue weighted by Crippen LogP contribution is 2.43. The number of carbonyl (C=O) groups excluding carboxylic acids is 1. The Morgan fingerprint density at radius 3 is 2.13 bits per heavy atom. The van der Waals surface area contributed by atoms with Gasteiger partial charge < -0.3 is 20.1 Å². The van der Waals surface area contributed by atoms with Crippen molar-refractivity contribution in [3.05, 3.63) is 70.9 Å². The number of carbonyl (C=O) groups is 1. The van der Waals surface area contributed by atoms with E-state index in [-0.39, 0.29) is 17.7 Å². The lowest BCUT2D eigenvalue weighted by Crippen LogP contribution is -2.27. The van der Waals surface area contributed by atoms with Gasteiger partial charge in [0, 0.05) is 17.7 Å². The highest BCUT2D eigenvalue weighted by atomic mass is 16.6. The van der Waals surface area contributed by atoms with Crippen molar-refractivity contribution in [2.75, 3.05) is 24.9 Å². The van der Waals surface area contributed by atoms with Crippen LogP contribution < -0.4 is 20.1 Å². The van der Waals surface area contributed by atoms with Gasteiger partial charge in [0.15, 0.2) is 5.78 Å². The number of aromatic nitrogens is 2. The lowest BCUT2D eigenvalue weighted by Gasteiger charge is -2.29. The van der Waals surface area contributed by atoms with Gasteiger partial charge in [-0.05, 0) is 58.0 Å². The molecule has 2 atom stereocenters. The zero-order valence-electron chi connectivity index (χ0n) is 17.2. The van der Waals surface area contributed by atoms with E-state index in [1.54, 1.807) is 14.2 Å². The van der Waals surface area contributed by atoms with E-state index in [4.69, 9.17) is 14.1 Å². The molecule has 31 heavy (non-hydrogen) atoms. The summed E-state index contributed by atoms with van der Waals surface area (Å²) >= 11 is 0. The molecule has 1 aliphatic heterocycles. The average molecular weight is 418 g/mol. The van der Waals surface area contributed by atoms with E-state index >= 15 is 0 Å². The van der Waals surface area contributed by atoms with Gasteiger partial charge in [-0.25, -0.2) is 4.63 Å². The van der Waals surface area contributed by atoms with E-state index in [9.17, 15) is 4.79 Å². The van der Waals surface area contributed by atoms with E-state index in [2.05, 4.69) is 20.9 Å². The summed E-state index contributed by atoms with van der Waals surface area (Å²) in [5, 5.41) is 14.6. The fourth-order valence-electron chi connectivity index (χ4n) is 4.26. The maximum Gasteiger partial charge on any atom is 0.219 e. The quantitative estimate of drug-likeness (QED) is 0.654. The second-order valence-electron chi connectivity index (χ2n) is 7.63. The average Bonchev–Trinajstić information content (AvgIpc) is 3.17. The zero-order chi connectivity index (χ0) is 21.4. The normalized spacial score (nSPS) is 20.1. The summed E-state index contributed by atoms with van der Waals surface area (Å²) in [6.45, 7) is 0. The summed E-state index contributed by atoms with van der Waals surface area (Å²) in [6, 6.07) is 15.2. The maximum absolute atomic E-state index is 13.4. The molecule has 158 valence electrons. The van der Waals surface area contributed by atoms with Crippen molar-refractivity contribution in [1.82, 2.24) is 10.3 Å². The highest BCUT2D eigenvalue weighted by Gasteiger charge is 2.37. The van der Waals surface area contributed by atoms with Gasteiger partial charge in [-0.2, -0.15) is 0 Å². The number of nitrogens with one attached hydrogen (secondary N) is 2. The molecule has 2 N–H and O–H groups in total. The maximum atomic E-state index is 13.4. The molecular weight excluding hydrogens is 396 g/mol. The number of rotatable bonds is 4. The van der Waals surface area contributed by atoms with Crippen LogP contribution in [0.1, 0.15) is 35.9 Å². The summed E-state index contributed by atoms with van der Waals surface area (Å²) in [5.41, 5.74) is 3.57. The molecule has 2 heterocycles. The minimum atomic E-state index is -0.370.